The molecule has 1 rings (SSSR count). The summed E-state index contributed by atoms with van der Waals surface area (Å²) >= 11 is 5.75. The van der Waals surface area contributed by atoms with Gasteiger partial charge in [-0.3, -0.25) is 19.3 Å². The van der Waals surface area contributed by atoms with Gasteiger partial charge in [0.2, 0.25) is 6.41 Å². The van der Waals surface area contributed by atoms with Crippen molar-refractivity contribution < 1.29 is 14.4 Å². The van der Waals surface area contributed by atoms with E-state index in [0.717, 1.165) is 4.90 Å². The van der Waals surface area contributed by atoms with Gasteiger partial charge in [0.15, 0.2) is 0 Å². The van der Waals surface area contributed by atoms with Crippen LogP contribution in [0.1, 0.15) is 6.42 Å². The third-order valence-electron chi connectivity index (χ3n) is 2.27. The average molecular weight is 284 g/mol. The number of nitrogens with two attached hydrogens (primary N) is 1. The summed E-state index contributed by atoms with van der Waals surface area (Å²) in [5, 5.41) is 2.80. The third-order valence-corrected chi connectivity index (χ3v) is 2.50. The maximum atomic E-state index is 11.7. The molecule has 0 saturated heterocycles. The first-order chi connectivity index (χ1) is 9.08. The van der Waals surface area contributed by atoms with E-state index >= 15 is 0 Å². The number of halogens is 1. The van der Waals surface area contributed by atoms with Crippen molar-refractivity contribution >= 4 is 35.5 Å². The van der Waals surface area contributed by atoms with Gasteiger partial charge in [-0.25, -0.2) is 0 Å². The van der Waals surface area contributed by atoms with Crippen molar-refractivity contribution in [3.8, 4) is 0 Å². The lowest BCUT2D eigenvalue weighted by Gasteiger charge is -2.14. The van der Waals surface area contributed by atoms with Gasteiger partial charge in [-0.05, 0) is 31.2 Å². The number of amides is 3. The number of anilines is 1. The topological polar surface area (TPSA) is 92.5 Å². The van der Waals surface area contributed by atoms with E-state index in [2.05, 4.69) is 5.32 Å². The molecule has 0 radical (unpaired) electrons. The van der Waals surface area contributed by atoms with E-state index in [1.807, 2.05) is 0 Å². The molecular formula is C12H14ClN3O3. The molecule has 1 aromatic carbocycles. The van der Waals surface area contributed by atoms with E-state index in [0.29, 0.717) is 30.1 Å². The Balaban J connectivity index is 2.66. The second-order valence-corrected chi connectivity index (χ2v) is 4.15. The zero-order chi connectivity index (χ0) is 14.3. The summed E-state index contributed by atoms with van der Waals surface area (Å²) in [6, 6.07) is 6.35. The molecule has 102 valence electrons. The summed E-state index contributed by atoms with van der Waals surface area (Å²) in [7, 11) is 0. The number of nitrogens with one attached hydrogen (secondary N) is 1. The van der Waals surface area contributed by atoms with Crippen LogP contribution in [0, 0.1) is 0 Å². The van der Waals surface area contributed by atoms with Crippen LogP contribution in [0.25, 0.3) is 0 Å². The molecule has 0 heterocycles. The number of nitrogens with zero attached hydrogens (tertiary/aromatic N) is 1. The molecule has 0 aliphatic carbocycles. The fraction of sp³-hybridized carbons (Fsp3) is 0.250. The SMILES string of the molecule is NCCCN(C=O)C(=O)C(=O)Nc1cccc(Cl)c1. The lowest BCUT2D eigenvalue weighted by atomic mass is 10.3. The summed E-state index contributed by atoms with van der Waals surface area (Å²) in [4.78, 5) is 34.8. The van der Waals surface area contributed by atoms with Crippen LogP contribution in [-0.2, 0) is 14.4 Å². The number of hydrogen-bond acceptors (Lipinski definition) is 4. The molecule has 0 saturated carbocycles. The van der Waals surface area contributed by atoms with Gasteiger partial charge >= 0.3 is 11.8 Å². The Labute approximate surface area is 115 Å². The van der Waals surface area contributed by atoms with Crippen molar-refractivity contribution in [3.05, 3.63) is 29.3 Å². The smallest absolute Gasteiger partial charge is 0.318 e. The molecule has 0 bridgehead atoms. The van der Waals surface area contributed by atoms with Crippen molar-refractivity contribution in [2.75, 3.05) is 18.4 Å². The summed E-state index contributed by atoms with van der Waals surface area (Å²) in [5.41, 5.74) is 5.66. The molecule has 0 aliphatic heterocycles. The minimum absolute atomic E-state index is 0.113. The number of hydrogen-bond donors (Lipinski definition) is 2. The molecule has 0 aliphatic rings. The van der Waals surface area contributed by atoms with Gasteiger partial charge < -0.3 is 11.1 Å². The largest absolute Gasteiger partial charge is 0.330 e. The van der Waals surface area contributed by atoms with E-state index in [-0.39, 0.29) is 6.54 Å². The van der Waals surface area contributed by atoms with E-state index in [1.54, 1.807) is 18.2 Å². The Kier molecular flexibility index (Phi) is 5.98. The van der Waals surface area contributed by atoms with Gasteiger partial charge in [-0.2, -0.15) is 0 Å². The molecule has 19 heavy (non-hydrogen) atoms. The van der Waals surface area contributed by atoms with Gasteiger partial charge in [-0.1, -0.05) is 17.7 Å². The summed E-state index contributed by atoms with van der Waals surface area (Å²) in [6.45, 7) is 0.440. The quantitative estimate of drug-likeness (QED) is 0.612. The lowest BCUT2D eigenvalue weighted by molar-refractivity contribution is -0.146. The molecule has 0 unspecified atom stereocenters. The van der Waals surface area contributed by atoms with Gasteiger partial charge in [0, 0.05) is 17.3 Å². The first-order valence-electron chi connectivity index (χ1n) is 5.61. The Hall–Kier alpha value is -1.92. The highest BCUT2D eigenvalue weighted by molar-refractivity contribution is 6.41. The average Bonchev–Trinajstić information content (AvgIpc) is 2.39. The summed E-state index contributed by atoms with van der Waals surface area (Å²) in [6.07, 6.45) is 0.754. The van der Waals surface area contributed by atoms with Crippen LogP contribution in [0.4, 0.5) is 5.69 Å². The second kappa shape index (κ2) is 7.50. The van der Waals surface area contributed by atoms with E-state index in [9.17, 15) is 14.4 Å². The highest BCUT2D eigenvalue weighted by atomic mass is 35.5. The standard InChI is InChI=1S/C12H14ClN3O3/c13-9-3-1-4-10(7-9)15-11(18)12(19)16(8-17)6-2-5-14/h1,3-4,7-8H,2,5-6,14H2,(H,15,18). The zero-order valence-corrected chi connectivity index (χ0v) is 10.9. The first-order valence-corrected chi connectivity index (χ1v) is 5.99. The molecule has 0 aromatic heterocycles. The predicted molar refractivity (Wildman–Crippen MR) is 71.5 cm³/mol. The predicted octanol–water partition coefficient (Wildman–Crippen LogP) is 0.612. The van der Waals surface area contributed by atoms with Crippen LogP contribution >= 0.6 is 11.6 Å². The Bertz CT molecular complexity index is 479. The summed E-state index contributed by atoms with van der Waals surface area (Å²) in [5.74, 6) is -1.82. The van der Waals surface area contributed by atoms with Crippen LogP contribution in [0.2, 0.25) is 5.02 Å². The lowest BCUT2D eigenvalue weighted by Crippen LogP contribution is -2.39. The maximum absolute atomic E-state index is 11.7. The van der Waals surface area contributed by atoms with Gasteiger partial charge in [0.05, 0.1) is 0 Å². The molecule has 0 fully saturated rings. The number of carbonyl (C=O) groups is 3. The molecule has 1 aromatic rings. The normalized spacial score (nSPS) is 9.79. The Morgan fingerprint density at radius 2 is 2.16 bits per heavy atom. The molecular weight excluding hydrogens is 270 g/mol. The molecule has 0 atom stereocenters. The number of imide groups is 1. The van der Waals surface area contributed by atoms with Crippen LogP contribution in [0.15, 0.2) is 24.3 Å². The van der Waals surface area contributed by atoms with Crippen molar-refractivity contribution in [2.24, 2.45) is 5.73 Å². The molecule has 6 nitrogen and oxygen atoms in total. The maximum Gasteiger partial charge on any atom is 0.318 e. The summed E-state index contributed by atoms with van der Waals surface area (Å²) < 4.78 is 0. The Morgan fingerprint density at radius 1 is 1.42 bits per heavy atom. The second-order valence-electron chi connectivity index (χ2n) is 3.71. The minimum Gasteiger partial charge on any atom is -0.330 e. The highest BCUT2D eigenvalue weighted by Gasteiger charge is 2.21. The first kappa shape index (κ1) is 15.1. The highest BCUT2D eigenvalue weighted by Crippen LogP contribution is 2.14. The molecule has 3 amide bonds. The van der Waals surface area contributed by atoms with Crippen molar-refractivity contribution in [3.63, 3.8) is 0 Å². The number of rotatable bonds is 5. The number of benzene rings is 1. The molecule has 7 heteroatoms. The molecule has 0 spiro atoms. The van der Waals surface area contributed by atoms with Crippen LogP contribution in [0.3, 0.4) is 0 Å². The number of carbonyl (C=O) groups excluding carboxylic acids is 3. The van der Waals surface area contributed by atoms with E-state index in [1.165, 1.54) is 6.07 Å². The third kappa shape index (κ3) is 4.69. The monoisotopic (exact) mass is 283 g/mol. The fourth-order valence-corrected chi connectivity index (χ4v) is 1.54. The van der Waals surface area contributed by atoms with Crippen LogP contribution in [0.5, 0.6) is 0 Å². The van der Waals surface area contributed by atoms with Crippen LogP contribution < -0.4 is 11.1 Å². The van der Waals surface area contributed by atoms with Crippen molar-refractivity contribution in [1.82, 2.24) is 4.90 Å². The van der Waals surface area contributed by atoms with E-state index in [4.69, 9.17) is 17.3 Å². The van der Waals surface area contributed by atoms with Crippen molar-refractivity contribution in [2.45, 2.75) is 6.42 Å². The zero-order valence-electron chi connectivity index (χ0n) is 10.1. The molecule has 3 N–H and O–H groups in total. The fourth-order valence-electron chi connectivity index (χ4n) is 1.34. The van der Waals surface area contributed by atoms with Crippen LogP contribution in [-0.4, -0.2) is 36.2 Å². The minimum atomic E-state index is -0.927. The van der Waals surface area contributed by atoms with Gasteiger partial charge in [0.1, 0.15) is 0 Å². The van der Waals surface area contributed by atoms with Gasteiger partial charge in [0.25, 0.3) is 0 Å². The van der Waals surface area contributed by atoms with E-state index < -0.39 is 11.8 Å². The van der Waals surface area contributed by atoms with Gasteiger partial charge in [-0.15, -0.1) is 0 Å². The Morgan fingerprint density at radius 3 is 2.74 bits per heavy atom. The van der Waals surface area contributed by atoms with Crippen molar-refractivity contribution in [1.29, 1.82) is 0 Å².